The summed E-state index contributed by atoms with van der Waals surface area (Å²) in [5.41, 5.74) is 1.52. The molecule has 0 unspecified atom stereocenters. The fourth-order valence-corrected chi connectivity index (χ4v) is 2.72. The van der Waals surface area contributed by atoms with Crippen LogP contribution in [0.15, 0.2) is 18.2 Å². The van der Waals surface area contributed by atoms with Crippen LogP contribution in [-0.4, -0.2) is 31.2 Å². The highest BCUT2D eigenvalue weighted by molar-refractivity contribution is 5.25. The topological polar surface area (TPSA) is 15.3 Å². The molecule has 1 saturated heterocycles. The van der Waals surface area contributed by atoms with E-state index in [2.05, 4.69) is 5.32 Å². The molecule has 0 amide bonds. The molecule has 1 N–H and O–H groups in total. The molecule has 0 bridgehead atoms. The Morgan fingerprint density at radius 2 is 1.90 bits per heavy atom. The van der Waals surface area contributed by atoms with Crippen molar-refractivity contribution in [3.63, 3.8) is 0 Å². The Bertz CT molecular complexity index is 465. The summed E-state index contributed by atoms with van der Waals surface area (Å²) in [4.78, 5) is 1.89. The first-order valence-electron chi connectivity index (χ1n) is 7.11. The number of halogens is 4. The van der Waals surface area contributed by atoms with Gasteiger partial charge >= 0.3 is 6.18 Å². The van der Waals surface area contributed by atoms with Crippen molar-refractivity contribution in [2.75, 3.05) is 20.1 Å². The lowest BCUT2D eigenvalue weighted by molar-refractivity contribution is -0.185. The summed E-state index contributed by atoms with van der Waals surface area (Å²) in [7, 11) is 1.81. The highest BCUT2D eigenvalue weighted by atomic mass is 19.4. The first-order chi connectivity index (χ1) is 9.90. The van der Waals surface area contributed by atoms with Gasteiger partial charge in [-0.25, -0.2) is 4.39 Å². The van der Waals surface area contributed by atoms with Crippen LogP contribution in [0.25, 0.3) is 0 Å². The summed E-state index contributed by atoms with van der Waals surface area (Å²) in [5.74, 6) is -1.51. The summed E-state index contributed by atoms with van der Waals surface area (Å²) >= 11 is 0. The van der Waals surface area contributed by atoms with Crippen LogP contribution in [-0.2, 0) is 13.1 Å². The summed E-state index contributed by atoms with van der Waals surface area (Å²) in [6, 6.07) is 4.91. The maximum Gasteiger partial charge on any atom is 0.391 e. The molecule has 21 heavy (non-hydrogen) atoms. The van der Waals surface area contributed by atoms with Crippen LogP contribution in [0.5, 0.6) is 0 Å². The van der Waals surface area contributed by atoms with E-state index in [0.29, 0.717) is 31.7 Å². The number of nitrogens with one attached hydrogen (secondary N) is 1. The van der Waals surface area contributed by atoms with Crippen molar-refractivity contribution in [2.24, 2.45) is 5.92 Å². The lowest BCUT2D eigenvalue weighted by Gasteiger charge is -2.33. The van der Waals surface area contributed by atoms with E-state index in [0.717, 1.165) is 5.56 Å². The van der Waals surface area contributed by atoms with E-state index in [1.165, 1.54) is 6.07 Å². The van der Waals surface area contributed by atoms with E-state index in [1.807, 2.05) is 11.9 Å². The Hall–Kier alpha value is -1.14. The predicted octanol–water partition coefficient (Wildman–Crippen LogP) is 3.32. The van der Waals surface area contributed by atoms with Crippen LogP contribution in [0.2, 0.25) is 0 Å². The van der Waals surface area contributed by atoms with Gasteiger partial charge in [-0.05, 0) is 44.6 Å². The second kappa shape index (κ2) is 6.75. The summed E-state index contributed by atoms with van der Waals surface area (Å²) in [6.07, 6.45) is -3.91. The molecule has 0 aromatic heterocycles. The first-order valence-corrected chi connectivity index (χ1v) is 7.11. The molecule has 0 atom stereocenters. The Kier molecular flexibility index (Phi) is 5.22. The highest BCUT2D eigenvalue weighted by Crippen LogP contribution is 2.34. The molecule has 0 spiro atoms. The quantitative estimate of drug-likeness (QED) is 0.859. The van der Waals surface area contributed by atoms with Gasteiger partial charge in [0, 0.05) is 18.7 Å². The smallest absolute Gasteiger partial charge is 0.316 e. The van der Waals surface area contributed by atoms with Gasteiger partial charge in [0.05, 0.1) is 5.92 Å². The van der Waals surface area contributed by atoms with Gasteiger partial charge in [0.15, 0.2) is 0 Å². The minimum Gasteiger partial charge on any atom is -0.316 e. The summed E-state index contributed by atoms with van der Waals surface area (Å²) < 4.78 is 51.6. The average molecular weight is 304 g/mol. The van der Waals surface area contributed by atoms with Crippen LogP contribution < -0.4 is 5.32 Å². The normalized spacial score (nSPS) is 18.1. The van der Waals surface area contributed by atoms with Crippen LogP contribution in [0.4, 0.5) is 17.6 Å². The fraction of sp³-hybridized carbons (Fsp3) is 0.600. The lowest BCUT2D eigenvalue weighted by atomic mass is 9.96. The van der Waals surface area contributed by atoms with E-state index in [4.69, 9.17) is 0 Å². The van der Waals surface area contributed by atoms with Crippen LogP contribution in [0, 0.1) is 11.7 Å². The minimum absolute atomic E-state index is 0.0985. The van der Waals surface area contributed by atoms with Crippen molar-refractivity contribution >= 4 is 0 Å². The minimum atomic E-state index is -4.11. The van der Waals surface area contributed by atoms with Crippen molar-refractivity contribution in [2.45, 2.75) is 32.1 Å². The standard InChI is InChI=1S/C15H20F4N2/c1-20-9-11-2-3-14(16)12(8-11)10-21-6-4-13(5-7-21)15(17,18)19/h2-3,8,13,20H,4-7,9-10H2,1H3. The molecule has 0 saturated carbocycles. The number of hydrogen-bond acceptors (Lipinski definition) is 2. The van der Waals surface area contributed by atoms with Crippen molar-refractivity contribution in [1.82, 2.24) is 10.2 Å². The molecule has 1 heterocycles. The van der Waals surface area contributed by atoms with Gasteiger partial charge in [-0.15, -0.1) is 0 Å². The lowest BCUT2D eigenvalue weighted by Crippen LogP contribution is -2.38. The van der Waals surface area contributed by atoms with Crippen LogP contribution in [0.3, 0.4) is 0 Å². The third-order valence-corrected chi connectivity index (χ3v) is 3.94. The van der Waals surface area contributed by atoms with Crippen molar-refractivity contribution in [3.8, 4) is 0 Å². The second-order valence-corrected chi connectivity index (χ2v) is 5.55. The summed E-state index contributed by atoms with van der Waals surface area (Å²) in [5, 5.41) is 3.00. The monoisotopic (exact) mass is 304 g/mol. The third-order valence-electron chi connectivity index (χ3n) is 3.94. The van der Waals surface area contributed by atoms with Crippen LogP contribution >= 0.6 is 0 Å². The zero-order chi connectivity index (χ0) is 15.5. The van der Waals surface area contributed by atoms with Crippen LogP contribution in [0.1, 0.15) is 24.0 Å². The van der Waals surface area contributed by atoms with Gasteiger partial charge in [-0.3, -0.25) is 4.90 Å². The SMILES string of the molecule is CNCc1ccc(F)c(CN2CCC(C(F)(F)F)CC2)c1. The number of alkyl halides is 3. The van der Waals surface area contributed by atoms with Gasteiger partial charge in [0.1, 0.15) is 5.82 Å². The van der Waals surface area contributed by atoms with Gasteiger partial charge in [-0.2, -0.15) is 13.2 Å². The summed E-state index contributed by atoms with van der Waals surface area (Å²) in [6.45, 7) is 1.73. The Labute approximate surface area is 122 Å². The Balaban J connectivity index is 1.95. The number of benzene rings is 1. The van der Waals surface area contributed by atoms with Gasteiger partial charge in [0.25, 0.3) is 0 Å². The zero-order valence-electron chi connectivity index (χ0n) is 12.0. The van der Waals surface area contributed by atoms with Crippen molar-refractivity contribution in [1.29, 1.82) is 0 Å². The number of hydrogen-bond donors (Lipinski definition) is 1. The molecule has 2 rings (SSSR count). The van der Waals surface area contributed by atoms with Gasteiger partial charge in [0.2, 0.25) is 0 Å². The molecule has 6 heteroatoms. The largest absolute Gasteiger partial charge is 0.391 e. The van der Waals surface area contributed by atoms with E-state index < -0.39 is 12.1 Å². The molecule has 1 fully saturated rings. The van der Waals surface area contributed by atoms with E-state index in [1.54, 1.807) is 12.1 Å². The number of piperidine rings is 1. The fourth-order valence-electron chi connectivity index (χ4n) is 2.72. The van der Waals surface area contributed by atoms with Gasteiger partial charge < -0.3 is 5.32 Å². The number of likely N-dealkylation sites (tertiary alicyclic amines) is 1. The first kappa shape index (κ1) is 16.2. The molecule has 1 aliphatic rings. The third kappa shape index (κ3) is 4.41. The van der Waals surface area contributed by atoms with Gasteiger partial charge in [-0.1, -0.05) is 12.1 Å². The molecule has 1 aromatic carbocycles. The van der Waals surface area contributed by atoms with Crippen molar-refractivity contribution < 1.29 is 17.6 Å². The zero-order valence-corrected chi connectivity index (χ0v) is 12.0. The molecule has 1 aliphatic heterocycles. The van der Waals surface area contributed by atoms with E-state index in [-0.39, 0.29) is 18.7 Å². The maximum atomic E-state index is 13.8. The molecule has 0 aliphatic carbocycles. The predicted molar refractivity (Wildman–Crippen MR) is 73.2 cm³/mol. The molecule has 1 aromatic rings. The number of rotatable bonds is 4. The maximum absolute atomic E-state index is 13.8. The van der Waals surface area contributed by atoms with E-state index >= 15 is 0 Å². The number of nitrogens with zero attached hydrogens (tertiary/aromatic N) is 1. The average Bonchev–Trinajstić information content (AvgIpc) is 2.42. The Morgan fingerprint density at radius 1 is 1.24 bits per heavy atom. The van der Waals surface area contributed by atoms with Crippen molar-refractivity contribution in [3.05, 3.63) is 35.1 Å². The molecular weight excluding hydrogens is 284 g/mol. The second-order valence-electron chi connectivity index (χ2n) is 5.55. The molecule has 0 radical (unpaired) electrons. The van der Waals surface area contributed by atoms with E-state index in [9.17, 15) is 17.6 Å². The molecular formula is C15H20F4N2. The Morgan fingerprint density at radius 3 is 2.48 bits per heavy atom. The highest BCUT2D eigenvalue weighted by Gasteiger charge is 2.40. The molecule has 2 nitrogen and oxygen atoms in total. The molecule has 118 valence electrons.